The summed E-state index contributed by atoms with van der Waals surface area (Å²) in [4.78, 5) is 25.9. The smallest absolute Gasteiger partial charge is 0.410 e. The number of carbonyl (C=O) groups is 1. The van der Waals surface area contributed by atoms with Crippen LogP contribution in [0.5, 0.6) is 0 Å². The Morgan fingerprint density at radius 2 is 1.90 bits per heavy atom. The van der Waals surface area contributed by atoms with Crippen LogP contribution in [0.25, 0.3) is 11.6 Å². The van der Waals surface area contributed by atoms with Gasteiger partial charge >= 0.3 is 6.09 Å². The van der Waals surface area contributed by atoms with Crippen molar-refractivity contribution in [3.63, 3.8) is 0 Å². The number of sulfonamides is 1. The van der Waals surface area contributed by atoms with Crippen LogP contribution in [0.15, 0.2) is 49.1 Å². The lowest BCUT2D eigenvalue weighted by Crippen LogP contribution is -2.51. The second-order valence-corrected chi connectivity index (χ2v) is 13.7. The lowest BCUT2D eigenvalue weighted by Gasteiger charge is -2.40. The standard InChI is InChI=1S/C29H35ClN6O4S/c1-29(2,3)40-28(37)36-13-11-35(12-14-36)27-21-9-8-20(30)16-22(21)23(15-19-7-6-10-32-25(19)27)26(33-41(5,38)39)24-17-31-18-34(24)4/h6-10,15-18,26-27,33H,11-14H2,1-5H3/t26-,27-/m0/s1. The molecule has 218 valence electrons. The van der Waals surface area contributed by atoms with Crippen molar-refractivity contribution < 1.29 is 17.9 Å². The number of nitrogens with zero attached hydrogens (tertiary/aromatic N) is 5. The zero-order valence-electron chi connectivity index (χ0n) is 23.8. The molecule has 3 aromatic rings. The topological polar surface area (TPSA) is 110 Å². The largest absolute Gasteiger partial charge is 0.444 e. The predicted molar refractivity (Wildman–Crippen MR) is 159 cm³/mol. The monoisotopic (exact) mass is 598 g/mol. The van der Waals surface area contributed by atoms with Gasteiger partial charge in [-0.15, -0.1) is 0 Å². The fourth-order valence-electron chi connectivity index (χ4n) is 5.43. The highest BCUT2D eigenvalue weighted by atomic mass is 35.5. The molecule has 0 radical (unpaired) electrons. The lowest BCUT2D eigenvalue weighted by molar-refractivity contribution is 0.0118. The van der Waals surface area contributed by atoms with Crippen molar-refractivity contribution in [2.24, 2.45) is 7.05 Å². The minimum atomic E-state index is -3.62. The molecule has 1 aromatic carbocycles. The zero-order chi connectivity index (χ0) is 29.5. The number of nitrogens with one attached hydrogen (secondary N) is 1. The molecule has 0 unspecified atom stereocenters. The molecule has 2 aliphatic rings. The molecule has 3 heterocycles. The molecule has 2 aromatic heterocycles. The third kappa shape index (κ3) is 6.48. The Bertz CT molecular complexity index is 1590. The van der Waals surface area contributed by atoms with E-state index in [2.05, 4.69) is 14.6 Å². The number of hydrogen-bond acceptors (Lipinski definition) is 7. The molecule has 12 heteroatoms. The van der Waals surface area contributed by atoms with Crippen LogP contribution in [0.1, 0.15) is 60.9 Å². The van der Waals surface area contributed by atoms with Gasteiger partial charge in [-0.1, -0.05) is 23.7 Å². The van der Waals surface area contributed by atoms with Crippen molar-refractivity contribution in [1.29, 1.82) is 0 Å². The van der Waals surface area contributed by atoms with E-state index in [1.807, 2.05) is 64.2 Å². The van der Waals surface area contributed by atoms with E-state index in [9.17, 15) is 13.2 Å². The molecule has 1 saturated heterocycles. The fraction of sp³-hybridized carbons (Fsp3) is 0.414. The third-order valence-corrected chi connectivity index (χ3v) is 8.08. The highest BCUT2D eigenvalue weighted by Crippen LogP contribution is 2.44. The van der Waals surface area contributed by atoms with E-state index < -0.39 is 21.7 Å². The van der Waals surface area contributed by atoms with Gasteiger partial charge in [-0.3, -0.25) is 9.88 Å². The number of aromatic nitrogens is 3. The van der Waals surface area contributed by atoms with E-state index >= 15 is 0 Å². The summed E-state index contributed by atoms with van der Waals surface area (Å²) >= 11 is 6.57. The molecule has 0 bridgehead atoms. The Hall–Kier alpha value is -3.25. The minimum Gasteiger partial charge on any atom is -0.444 e. The first-order valence-electron chi connectivity index (χ1n) is 13.4. The number of imidazole rings is 1. The second-order valence-electron chi connectivity index (χ2n) is 11.5. The maximum Gasteiger partial charge on any atom is 0.410 e. The number of piperazine rings is 1. The van der Waals surface area contributed by atoms with Crippen molar-refractivity contribution in [2.75, 3.05) is 32.4 Å². The van der Waals surface area contributed by atoms with Crippen LogP contribution in [0.3, 0.4) is 0 Å². The van der Waals surface area contributed by atoms with Crippen molar-refractivity contribution in [3.8, 4) is 0 Å². The number of fused-ring (bicyclic) bond motifs is 2. The van der Waals surface area contributed by atoms with Crippen LogP contribution in [-0.2, 0) is 21.8 Å². The maximum atomic E-state index is 12.7. The molecule has 1 aliphatic carbocycles. The summed E-state index contributed by atoms with van der Waals surface area (Å²) in [7, 11) is -1.79. The Kier molecular flexibility index (Phi) is 7.99. The average molecular weight is 599 g/mol. The maximum absolute atomic E-state index is 12.7. The number of carbonyl (C=O) groups excluding carboxylic acids is 1. The normalized spacial score (nSPS) is 18.6. The lowest BCUT2D eigenvalue weighted by atomic mass is 9.90. The third-order valence-electron chi connectivity index (χ3n) is 7.19. The van der Waals surface area contributed by atoms with Gasteiger partial charge in [0.1, 0.15) is 5.60 Å². The predicted octanol–water partition coefficient (Wildman–Crippen LogP) is 4.26. The van der Waals surface area contributed by atoms with Gasteiger partial charge < -0.3 is 14.2 Å². The summed E-state index contributed by atoms with van der Waals surface area (Å²) in [5.41, 5.74) is 4.34. The molecule has 5 rings (SSSR count). The SMILES string of the molecule is Cn1cncc1[C@@H](NS(C)(=O)=O)C1=Cc2cccnc2[C@@H](N2CCN(C(=O)OC(C)(C)C)CC2)c2ccc(Cl)cc21. The highest BCUT2D eigenvalue weighted by Gasteiger charge is 2.36. The number of ether oxygens (including phenoxy) is 1. The number of rotatable bonds is 5. The molecule has 0 saturated carbocycles. The van der Waals surface area contributed by atoms with Crippen molar-refractivity contribution >= 4 is 39.4 Å². The van der Waals surface area contributed by atoms with Gasteiger partial charge in [0.25, 0.3) is 0 Å². The van der Waals surface area contributed by atoms with E-state index in [0.29, 0.717) is 36.9 Å². The van der Waals surface area contributed by atoms with E-state index in [0.717, 1.165) is 34.2 Å². The van der Waals surface area contributed by atoms with Crippen LogP contribution in [0.4, 0.5) is 4.79 Å². The molecule has 10 nitrogen and oxygen atoms in total. The van der Waals surface area contributed by atoms with Crippen molar-refractivity contribution in [3.05, 3.63) is 82.2 Å². The van der Waals surface area contributed by atoms with Gasteiger partial charge in [-0.25, -0.2) is 22.9 Å². The second kappa shape index (κ2) is 11.2. The number of halogens is 1. The van der Waals surface area contributed by atoms with Crippen LogP contribution < -0.4 is 4.72 Å². The molecule has 41 heavy (non-hydrogen) atoms. The summed E-state index contributed by atoms with van der Waals surface area (Å²) in [6, 6.07) is 8.59. The molecule has 1 fully saturated rings. The molecular weight excluding hydrogens is 564 g/mol. The Balaban J connectivity index is 1.60. The molecule has 1 amide bonds. The van der Waals surface area contributed by atoms with E-state index in [1.165, 1.54) is 0 Å². The molecular formula is C29H35ClN6O4S. The summed E-state index contributed by atoms with van der Waals surface area (Å²) in [6.07, 6.45) is 7.89. The number of amides is 1. The summed E-state index contributed by atoms with van der Waals surface area (Å²) in [5, 5.41) is 0.533. The zero-order valence-corrected chi connectivity index (χ0v) is 25.4. The minimum absolute atomic E-state index is 0.251. The number of hydrogen-bond donors (Lipinski definition) is 1. The molecule has 1 N–H and O–H groups in total. The molecule has 1 aliphatic heterocycles. The van der Waals surface area contributed by atoms with Gasteiger partial charge in [0, 0.05) is 44.4 Å². The quantitative estimate of drug-likeness (QED) is 0.467. The first-order chi connectivity index (χ1) is 19.3. The number of pyridine rings is 1. The molecule has 2 atom stereocenters. The van der Waals surface area contributed by atoms with Gasteiger partial charge in [0.2, 0.25) is 10.0 Å². The Morgan fingerprint density at radius 3 is 2.54 bits per heavy atom. The summed E-state index contributed by atoms with van der Waals surface area (Å²) < 4.78 is 35.5. The van der Waals surface area contributed by atoms with Gasteiger partial charge in [-0.2, -0.15) is 0 Å². The van der Waals surface area contributed by atoms with Crippen molar-refractivity contribution in [2.45, 2.75) is 38.5 Å². The average Bonchev–Trinajstić information content (AvgIpc) is 3.26. The van der Waals surface area contributed by atoms with Crippen LogP contribution in [0, 0.1) is 0 Å². The first kappa shape index (κ1) is 29.2. The summed E-state index contributed by atoms with van der Waals surface area (Å²) in [5.74, 6) is 0. The van der Waals surface area contributed by atoms with Crippen LogP contribution in [0.2, 0.25) is 5.02 Å². The van der Waals surface area contributed by atoms with Gasteiger partial charge in [-0.05, 0) is 67.3 Å². The Labute approximate surface area is 246 Å². The fourth-order valence-corrected chi connectivity index (χ4v) is 6.28. The number of aryl methyl sites for hydroxylation is 1. The van der Waals surface area contributed by atoms with Crippen LogP contribution >= 0.6 is 11.6 Å². The van der Waals surface area contributed by atoms with Gasteiger partial charge in [0.15, 0.2) is 0 Å². The molecule has 0 spiro atoms. The van der Waals surface area contributed by atoms with E-state index in [-0.39, 0.29) is 12.1 Å². The van der Waals surface area contributed by atoms with Crippen molar-refractivity contribution in [1.82, 2.24) is 29.1 Å². The number of benzene rings is 1. The highest BCUT2D eigenvalue weighted by molar-refractivity contribution is 7.88. The van der Waals surface area contributed by atoms with Gasteiger partial charge in [0.05, 0.1) is 42.3 Å². The van der Waals surface area contributed by atoms with Crippen LogP contribution in [-0.4, -0.2) is 76.9 Å². The Morgan fingerprint density at radius 1 is 1.17 bits per heavy atom. The first-order valence-corrected chi connectivity index (χ1v) is 15.7. The van der Waals surface area contributed by atoms with E-state index in [4.69, 9.17) is 21.3 Å². The summed E-state index contributed by atoms with van der Waals surface area (Å²) in [6.45, 7) is 7.79. The van der Waals surface area contributed by atoms with E-state index in [1.54, 1.807) is 28.2 Å².